The second kappa shape index (κ2) is 12.5. The molecule has 7 heteroatoms. The van der Waals surface area contributed by atoms with E-state index in [0.29, 0.717) is 16.5 Å². The Kier molecular flexibility index (Phi) is 9.76. The van der Waals surface area contributed by atoms with Crippen LogP contribution in [0, 0.1) is 0 Å². The fourth-order valence-corrected chi connectivity index (χ4v) is 5.32. The van der Waals surface area contributed by atoms with Crippen molar-refractivity contribution in [1.29, 1.82) is 0 Å². The van der Waals surface area contributed by atoms with Gasteiger partial charge in [-0.1, -0.05) is 73.7 Å². The molecule has 3 rings (SSSR count). The SMILES string of the molecule is CC[C@H](C(=O)NC1CCCCC1)N(Cc1ccc(Cl)cc1Cl)C(=O)CSc1ccccc1. The number of carbonyl (C=O) groups excluding carboxylic acids is 2. The van der Waals surface area contributed by atoms with Crippen molar-refractivity contribution in [2.75, 3.05) is 5.75 Å². The molecule has 1 N–H and O–H groups in total. The maximum absolute atomic E-state index is 13.4. The van der Waals surface area contributed by atoms with Crippen molar-refractivity contribution in [1.82, 2.24) is 10.2 Å². The first-order valence-electron chi connectivity index (χ1n) is 11.2. The zero-order valence-electron chi connectivity index (χ0n) is 18.4. The maximum atomic E-state index is 13.4. The third kappa shape index (κ3) is 7.16. The van der Waals surface area contributed by atoms with Crippen molar-refractivity contribution in [3.8, 4) is 0 Å². The van der Waals surface area contributed by atoms with Gasteiger partial charge in [0.1, 0.15) is 6.04 Å². The molecule has 1 aliphatic carbocycles. The van der Waals surface area contributed by atoms with Crippen LogP contribution in [0.25, 0.3) is 0 Å². The number of carbonyl (C=O) groups is 2. The minimum Gasteiger partial charge on any atom is -0.352 e. The molecule has 0 radical (unpaired) electrons. The summed E-state index contributed by atoms with van der Waals surface area (Å²) in [5, 5.41) is 4.23. The molecular formula is C25H30Cl2N2O2S. The van der Waals surface area contributed by atoms with E-state index >= 15 is 0 Å². The molecule has 0 aliphatic heterocycles. The third-order valence-electron chi connectivity index (χ3n) is 5.80. The summed E-state index contributed by atoms with van der Waals surface area (Å²) >= 11 is 13.9. The van der Waals surface area contributed by atoms with Crippen LogP contribution in [0.1, 0.15) is 51.0 Å². The van der Waals surface area contributed by atoms with E-state index in [1.54, 1.807) is 17.0 Å². The van der Waals surface area contributed by atoms with E-state index in [0.717, 1.165) is 36.1 Å². The van der Waals surface area contributed by atoms with Gasteiger partial charge in [0.2, 0.25) is 11.8 Å². The lowest BCUT2D eigenvalue weighted by atomic mass is 9.95. The molecule has 1 atom stereocenters. The van der Waals surface area contributed by atoms with Crippen LogP contribution in [-0.4, -0.2) is 34.6 Å². The van der Waals surface area contributed by atoms with Crippen molar-refractivity contribution in [3.63, 3.8) is 0 Å². The van der Waals surface area contributed by atoms with Crippen LogP contribution in [-0.2, 0) is 16.1 Å². The molecule has 32 heavy (non-hydrogen) atoms. The number of rotatable bonds is 9. The van der Waals surface area contributed by atoms with E-state index in [2.05, 4.69) is 5.32 Å². The van der Waals surface area contributed by atoms with Crippen LogP contribution in [0.15, 0.2) is 53.4 Å². The second-order valence-electron chi connectivity index (χ2n) is 8.13. The Hall–Kier alpha value is -1.69. The smallest absolute Gasteiger partial charge is 0.243 e. The maximum Gasteiger partial charge on any atom is 0.243 e. The third-order valence-corrected chi connectivity index (χ3v) is 7.38. The van der Waals surface area contributed by atoms with Gasteiger partial charge in [-0.25, -0.2) is 0 Å². The number of hydrogen-bond donors (Lipinski definition) is 1. The largest absolute Gasteiger partial charge is 0.352 e. The highest BCUT2D eigenvalue weighted by atomic mass is 35.5. The fourth-order valence-electron chi connectivity index (χ4n) is 4.04. The fraction of sp³-hybridized carbons (Fsp3) is 0.440. The van der Waals surface area contributed by atoms with E-state index in [9.17, 15) is 9.59 Å². The van der Waals surface area contributed by atoms with Gasteiger partial charge >= 0.3 is 0 Å². The first-order chi connectivity index (χ1) is 15.5. The van der Waals surface area contributed by atoms with Crippen molar-refractivity contribution in [3.05, 3.63) is 64.1 Å². The molecular weight excluding hydrogens is 463 g/mol. The second-order valence-corrected chi connectivity index (χ2v) is 10.0. The van der Waals surface area contributed by atoms with Gasteiger partial charge in [0, 0.05) is 27.5 Å². The number of thioether (sulfide) groups is 1. The number of hydrogen-bond acceptors (Lipinski definition) is 3. The molecule has 172 valence electrons. The predicted octanol–water partition coefficient (Wildman–Crippen LogP) is 6.34. The average molecular weight is 494 g/mol. The summed E-state index contributed by atoms with van der Waals surface area (Å²) in [6, 6.07) is 14.7. The van der Waals surface area contributed by atoms with Crippen LogP contribution in [0.5, 0.6) is 0 Å². The van der Waals surface area contributed by atoms with Crippen LogP contribution in [0.4, 0.5) is 0 Å². The summed E-state index contributed by atoms with van der Waals surface area (Å²) in [6.07, 6.45) is 6.04. The van der Waals surface area contributed by atoms with Crippen LogP contribution < -0.4 is 5.32 Å². The number of benzene rings is 2. The van der Waals surface area contributed by atoms with Crippen molar-refractivity contribution in [2.45, 2.75) is 69.0 Å². The zero-order valence-corrected chi connectivity index (χ0v) is 20.7. The minimum absolute atomic E-state index is 0.0810. The average Bonchev–Trinajstić information content (AvgIpc) is 2.80. The quantitative estimate of drug-likeness (QED) is 0.415. The predicted molar refractivity (Wildman–Crippen MR) is 133 cm³/mol. The van der Waals surface area contributed by atoms with Gasteiger partial charge in [-0.2, -0.15) is 0 Å². The molecule has 0 heterocycles. The summed E-state index contributed by atoms with van der Waals surface area (Å²) in [5.41, 5.74) is 0.776. The van der Waals surface area contributed by atoms with Crippen LogP contribution in [0.3, 0.4) is 0 Å². The van der Waals surface area contributed by atoms with Gasteiger partial charge in [-0.05, 0) is 49.1 Å². The van der Waals surface area contributed by atoms with Gasteiger partial charge < -0.3 is 10.2 Å². The molecule has 0 bridgehead atoms. The van der Waals surface area contributed by atoms with E-state index in [1.807, 2.05) is 43.3 Å². The van der Waals surface area contributed by atoms with E-state index in [-0.39, 0.29) is 30.2 Å². The summed E-state index contributed by atoms with van der Waals surface area (Å²) < 4.78 is 0. The first-order valence-corrected chi connectivity index (χ1v) is 12.9. The Labute approximate surface area is 205 Å². The molecule has 1 aliphatic rings. The number of nitrogens with one attached hydrogen (secondary N) is 1. The van der Waals surface area contributed by atoms with Gasteiger partial charge in [0.05, 0.1) is 5.75 Å². The highest BCUT2D eigenvalue weighted by Gasteiger charge is 2.30. The summed E-state index contributed by atoms with van der Waals surface area (Å²) in [5.74, 6) is 0.0839. The molecule has 4 nitrogen and oxygen atoms in total. The molecule has 0 spiro atoms. The lowest BCUT2D eigenvalue weighted by Gasteiger charge is -2.33. The van der Waals surface area contributed by atoms with E-state index < -0.39 is 6.04 Å². The van der Waals surface area contributed by atoms with Crippen molar-refractivity contribution < 1.29 is 9.59 Å². The lowest BCUT2D eigenvalue weighted by molar-refractivity contribution is -0.139. The number of nitrogens with zero attached hydrogens (tertiary/aromatic N) is 1. The first kappa shape index (κ1) is 24.9. The monoisotopic (exact) mass is 492 g/mol. The van der Waals surface area contributed by atoms with Gasteiger partial charge in [0.25, 0.3) is 0 Å². The van der Waals surface area contributed by atoms with E-state index in [4.69, 9.17) is 23.2 Å². The highest BCUT2D eigenvalue weighted by molar-refractivity contribution is 8.00. The summed E-state index contributed by atoms with van der Waals surface area (Å²) in [7, 11) is 0. The Balaban J connectivity index is 1.78. The molecule has 0 saturated heterocycles. The Bertz CT molecular complexity index is 904. The Morgan fingerprint density at radius 3 is 2.47 bits per heavy atom. The molecule has 1 fully saturated rings. The van der Waals surface area contributed by atoms with Crippen molar-refractivity contribution >= 4 is 46.8 Å². The summed E-state index contributed by atoms with van der Waals surface area (Å²) in [6.45, 7) is 2.21. The molecule has 2 aromatic rings. The molecule has 2 amide bonds. The Morgan fingerprint density at radius 1 is 1.09 bits per heavy atom. The molecule has 0 unspecified atom stereocenters. The Morgan fingerprint density at radius 2 is 1.81 bits per heavy atom. The molecule has 2 aromatic carbocycles. The number of halogens is 2. The standard InChI is InChI=1S/C25H30Cl2N2O2S/c1-2-23(25(31)28-20-9-5-3-6-10-20)29(16-18-13-14-19(26)15-22(18)27)24(30)17-32-21-11-7-4-8-12-21/h4,7-8,11-15,20,23H,2-3,5-6,9-10,16-17H2,1H3,(H,28,31)/t23-/m1/s1. The van der Waals surface area contributed by atoms with Crippen molar-refractivity contribution in [2.24, 2.45) is 0 Å². The van der Waals surface area contributed by atoms with Gasteiger partial charge in [0.15, 0.2) is 0 Å². The van der Waals surface area contributed by atoms with Gasteiger partial charge in [-0.15, -0.1) is 11.8 Å². The minimum atomic E-state index is -0.549. The topological polar surface area (TPSA) is 49.4 Å². The summed E-state index contributed by atoms with van der Waals surface area (Å²) in [4.78, 5) is 29.3. The van der Waals surface area contributed by atoms with E-state index in [1.165, 1.54) is 18.2 Å². The lowest BCUT2D eigenvalue weighted by Crippen LogP contribution is -2.52. The van der Waals surface area contributed by atoms with Gasteiger partial charge in [-0.3, -0.25) is 9.59 Å². The number of amides is 2. The molecule has 0 aromatic heterocycles. The molecule has 1 saturated carbocycles. The normalized spacial score (nSPS) is 15.2. The highest BCUT2D eigenvalue weighted by Crippen LogP contribution is 2.26. The zero-order chi connectivity index (χ0) is 22.9. The van der Waals surface area contributed by atoms with Crippen LogP contribution in [0.2, 0.25) is 10.0 Å². The van der Waals surface area contributed by atoms with Crippen LogP contribution >= 0.6 is 35.0 Å².